The van der Waals surface area contributed by atoms with Gasteiger partial charge in [0.2, 0.25) is 0 Å². The van der Waals surface area contributed by atoms with E-state index in [1.807, 2.05) is 19.1 Å². The van der Waals surface area contributed by atoms with E-state index in [4.69, 9.17) is 5.11 Å². The van der Waals surface area contributed by atoms with Crippen LogP contribution in [0.25, 0.3) is 0 Å². The Morgan fingerprint density at radius 3 is 2.36 bits per heavy atom. The fourth-order valence-corrected chi connectivity index (χ4v) is 1.02. The van der Waals surface area contributed by atoms with E-state index in [9.17, 15) is 4.79 Å². The van der Waals surface area contributed by atoms with Crippen LogP contribution in [0.2, 0.25) is 0 Å². The molecule has 1 aromatic rings. The van der Waals surface area contributed by atoms with E-state index in [2.05, 4.69) is 9.99 Å². The van der Waals surface area contributed by atoms with Crippen LogP contribution in [0.15, 0.2) is 29.4 Å². The molecule has 0 heterocycles. The van der Waals surface area contributed by atoms with E-state index in [0.717, 1.165) is 5.56 Å². The summed E-state index contributed by atoms with van der Waals surface area (Å²) in [6.45, 7) is 1.93. The summed E-state index contributed by atoms with van der Waals surface area (Å²) in [5.74, 6) is -1.10. The standard InChI is InChI=1S/C10H11NO3/c1-7-3-5-8(6-4-7)9(10(12)13)11-14-2/h3-6H,1-2H3,(H,12,13)/b11-9+. The number of carboxylic acids is 1. The van der Waals surface area contributed by atoms with Crippen molar-refractivity contribution in [2.45, 2.75) is 6.92 Å². The first-order chi connectivity index (χ1) is 6.65. The molecule has 0 fully saturated rings. The number of aliphatic carboxylic acids is 1. The second-order valence-electron chi connectivity index (χ2n) is 2.79. The second-order valence-corrected chi connectivity index (χ2v) is 2.79. The molecule has 0 amide bonds. The molecule has 0 bridgehead atoms. The lowest BCUT2D eigenvalue weighted by Gasteiger charge is -2.00. The van der Waals surface area contributed by atoms with E-state index < -0.39 is 5.97 Å². The van der Waals surface area contributed by atoms with Gasteiger partial charge in [0.05, 0.1) is 0 Å². The average Bonchev–Trinajstić information content (AvgIpc) is 2.15. The van der Waals surface area contributed by atoms with Gasteiger partial charge in [0.25, 0.3) is 0 Å². The van der Waals surface area contributed by atoms with Crippen molar-refractivity contribution in [2.75, 3.05) is 7.11 Å². The van der Waals surface area contributed by atoms with Crippen LogP contribution >= 0.6 is 0 Å². The first-order valence-electron chi connectivity index (χ1n) is 4.06. The predicted octanol–water partition coefficient (Wildman–Crippen LogP) is 1.43. The highest BCUT2D eigenvalue weighted by atomic mass is 16.6. The zero-order valence-electron chi connectivity index (χ0n) is 8.02. The number of rotatable bonds is 3. The Morgan fingerprint density at radius 1 is 1.36 bits per heavy atom. The SMILES string of the molecule is CO/N=C(/C(=O)O)c1ccc(C)cc1. The molecular formula is C10H11NO3. The normalized spacial score (nSPS) is 11.1. The fraction of sp³-hybridized carbons (Fsp3) is 0.200. The predicted molar refractivity (Wildman–Crippen MR) is 52.4 cm³/mol. The fourth-order valence-electron chi connectivity index (χ4n) is 1.02. The highest BCUT2D eigenvalue weighted by molar-refractivity contribution is 6.42. The molecule has 74 valence electrons. The number of oxime groups is 1. The van der Waals surface area contributed by atoms with Crippen molar-refractivity contribution in [2.24, 2.45) is 5.16 Å². The maximum atomic E-state index is 10.8. The number of hydrogen-bond acceptors (Lipinski definition) is 3. The summed E-state index contributed by atoms with van der Waals surface area (Å²) in [5.41, 5.74) is 1.51. The number of aryl methyl sites for hydroxylation is 1. The molecule has 0 radical (unpaired) electrons. The summed E-state index contributed by atoms with van der Waals surface area (Å²) in [6, 6.07) is 7.04. The van der Waals surface area contributed by atoms with Crippen molar-refractivity contribution >= 4 is 11.7 Å². The number of hydrogen-bond donors (Lipinski definition) is 1. The highest BCUT2D eigenvalue weighted by Gasteiger charge is 2.12. The van der Waals surface area contributed by atoms with E-state index in [1.54, 1.807) is 12.1 Å². The van der Waals surface area contributed by atoms with Gasteiger partial charge < -0.3 is 9.94 Å². The van der Waals surface area contributed by atoms with Gasteiger partial charge in [-0.15, -0.1) is 0 Å². The van der Waals surface area contributed by atoms with Crippen LogP contribution in [0.1, 0.15) is 11.1 Å². The van der Waals surface area contributed by atoms with Gasteiger partial charge >= 0.3 is 5.97 Å². The summed E-state index contributed by atoms with van der Waals surface area (Å²) < 4.78 is 0. The van der Waals surface area contributed by atoms with Gasteiger partial charge in [0, 0.05) is 5.56 Å². The number of carbonyl (C=O) groups is 1. The minimum absolute atomic E-state index is 0.0903. The Hall–Kier alpha value is -1.84. The lowest BCUT2D eigenvalue weighted by molar-refractivity contribution is -0.129. The van der Waals surface area contributed by atoms with Crippen LogP contribution in [-0.2, 0) is 9.63 Å². The Bertz CT molecular complexity index is 354. The molecule has 0 spiro atoms. The van der Waals surface area contributed by atoms with Crippen LogP contribution in [0.3, 0.4) is 0 Å². The lowest BCUT2D eigenvalue weighted by Crippen LogP contribution is -2.14. The van der Waals surface area contributed by atoms with Crippen LogP contribution in [0.5, 0.6) is 0 Å². The van der Waals surface area contributed by atoms with E-state index >= 15 is 0 Å². The van der Waals surface area contributed by atoms with Crippen LogP contribution in [-0.4, -0.2) is 23.9 Å². The Balaban J connectivity index is 3.06. The minimum Gasteiger partial charge on any atom is -0.476 e. The summed E-state index contributed by atoms with van der Waals surface area (Å²) in [6.07, 6.45) is 0. The molecule has 0 aliphatic heterocycles. The van der Waals surface area contributed by atoms with Crippen molar-refractivity contribution in [1.29, 1.82) is 0 Å². The molecule has 0 saturated heterocycles. The quantitative estimate of drug-likeness (QED) is 0.583. The third-order valence-corrected chi connectivity index (χ3v) is 1.71. The summed E-state index contributed by atoms with van der Waals surface area (Å²) in [5, 5.41) is 12.3. The Morgan fingerprint density at radius 2 is 1.93 bits per heavy atom. The molecule has 0 saturated carbocycles. The molecule has 4 heteroatoms. The number of benzene rings is 1. The third-order valence-electron chi connectivity index (χ3n) is 1.71. The van der Waals surface area contributed by atoms with Crippen molar-refractivity contribution in [1.82, 2.24) is 0 Å². The number of carboxylic acid groups (broad SMARTS) is 1. The van der Waals surface area contributed by atoms with E-state index in [-0.39, 0.29) is 5.71 Å². The van der Waals surface area contributed by atoms with Crippen LogP contribution in [0.4, 0.5) is 0 Å². The van der Waals surface area contributed by atoms with Gasteiger partial charge in [-0.2, -0.15) is 0 Å². The van der Waals surface area contributed by atoms with Crippen molar-refractivity contribution < 1.29 is 14.7 Å². The van der Waals surface area contributed by atoms with Gasteiger partial charge in [0.1, 0.15) is 7.11 Å². The Kier molecular flexibility index (Phi) is 3.23. The maximum absolute atomic E-state index is 10.8. The lowest BCUT2D eigenvalue weighted by atomic mass is 10.1. The average molecular weight is 193 g/mol. The van der Waals surface area contributed by atoms with Crippen LogP contribution < -0.4 is 0 Å². The molecule has 4 nitrogen and oxygen atoms in total. The van der Waals surface area contributed by atoms with Crippen LogP contribution in [0, 0.1) is 6.92 Å². The molecule has 0 atom stereocenters. The summed E-state index contributed by atoms with van der Waals surface area (Å²) >= 11 is 0. The molecule has 0 unspecified atom stereocenters. The monoisotopic (exact) mass is 193 g/mol. The zero-order chi connectivity index (χ0) is 10.6. The summed E-state index contributed by atoms with van der Waals surface area (Å²) in [7, 11) is 1.32. The van der Waals surface area contributed by atoms with Gasteiger partial charge in [-0.25, -0.2) is 4.79 Å². The largest absolute Gasteiger partial charge is 0.476 e. The van der Waals surface area contributed by atoms with Gasteiger partial charge in [-0.1, -0.05) is 35.0 Å². The second kappa shape index (κ2) is 4.41. The van der Waals surface area contributed by atoms with Gasteiger partial charge in [0.15, 0.2) is 5.71 Å². The topological polar surface area (TPSA) is 58.9 Å². The molecule has 1 aromatic carbocycles. The molecule has 0 aliphatic rings. The van der Waals surface area contributed by atoms with Crippen molar-refractivity contribution in [3.05, 3.63) is 35.4 Å². The molecular weight excluding hydrogens is 182 g/mol. The van der Waals surface area contributed by atoms with E-state index in [1.165, 1.54) is 7.11 Å². The summed E-state index contributed by atoms with van der Waals surface area (Å²) in [4.78, 5) is 15.2. The maximum Gasteiger partial charge on any atom is 0.358 e. The van der Waals surface area contributed by atoms with Gasteiger partial charge in [-0.3, -0.25) is 0 Å². The molecule has 14 heavy (non-hydrogen) atoms. The minimum atomic E-state index is -1.10. The first kappa shape index (κ1) is 10.2. The van der Waals surface area contributed by atoms with Gasteiger partial charge in [-0.05, 0) is 6.92 Å². The molecule has 0 aromatic heterocycles. The molecule has 1 rings (SSSR count). The van der Waals surface area contributed by atoms with Crippen molar-refractivity contribution in [3.63, 3.8) is 0 Å². The number of nitrogens with zero attached hydrogens (tertiary/aromatic N) is 1. The first-order valence-corrected chi connectivity index (χ1v) is 4.06. The highest BCUT2D eigenvalue weighted by Crippen LogP contribution is 2.05. The Labute approximate surface area is 81.8 Å². The smallest absolute Gasteiger partial charge is 0.358 e. The molecule has 1 N–H and O–H groups in total. The van der Waals surface area contributed by atoms with E-state index in [0.29, 0.717) is 5.56 Å². The zero-order valence-corrected chi connectivity index (χ0v) is 8.02. The third kappa shape index (κ3) is 2.32. The molecule has 0 aliphatic carbocycles. The van der Waals surface area contributed by atoms with Crippen molar-refractivity contribution in [3.8, 4) is 0 Å².